The maximum atomic E-state index is 12.9. The van der Waals surface area contributed by atoms with Crippen molar-refractivity contribution < 1.29 is 23.4 Å². The number of halogens is 1. The third kappa shape index (κ3) is 5.20. The lowest BCUT2D eigenvalue weighted by Crippen LogP contribution is -2.28. The summed E-state index contributed by atoms with van der Waals surface area (Å²) in [5.74, 6) is 0.566. The second-order valence-electron chi connectivity index (χ2n) is 7.24. The largest absolute Gasteiger partial charge is 0.479 e. The maximum Gasteiger partial charge on any atom is 0.347 e. The first-order valence-electron chi connectivity index (χ1n) is 10.2. The summed E-state index contributed by atoms with van der Waals surface area (Å²) in [5.41, 5.74) is 1.72. The number of aryl methyl sites for hydroxylation is 2. The summed E-state index contributed by atoms with van der Waals surface area (Å²) in [6.45, 7) is 7.85. The number of esters is 1. The summed E-state index contributed by atoms with van der Waals surface area (Å²) in [7, 11) is 0. The Labute approximate surface area is 185 Å². The number of hydrogen-bond acceptors (Lipinski definition) is 6. The SMILES string of the molecule is CCCOC(=O)[C@@H](CC)Oc1ccc2c(=O)c(Oc3cc(C)c(Cl)c(C)c3)coc2c1. The van der Waals surface area contributed by atoms with E-state index in [1.807, 2.05) is 27.7 Å². The van der Waals surface area contributed by atoms with Gasteiger partial charge in [-0.15, -0.1) is 0 Å². The first kappa shape index (κ1) is 22.7. The van der Waals surface area contributed by atoms with Crippen molar-refractivity contribution in [2.24, 2.45) is 0 Å². The lowest BCUT2D eigenvalue weighted by Gasteiger charge is -2.16. The molecule has 1 aromatic heterocycles. The van der Waals surface area contributed by atoms with E-state index in [0.29, 0.717) is 40.5 Å². The van der Waals surface area contributed by atoms with Gasteiger partial charge in [0.15, 0.2) is 6.10 Å². The Balaban J connectivity index is 1.84. The smallest absolute Gasteiger partial charge is 0.347 e. The van der Waals surface area contributed by atoms with Crippen molar-refractivity contribution in [2.45, 2.75) is 46.6 Å². The molecule has 1 heterocycles. The van der Waals surface area contributed by atoms with E-state index in [2.05, 4.69) is 0 Å². The molecular weight excluding hydrogens is 420 g/mol. The van der Waals surface area contributed by atoms with Gasteiger partial charge in [-0.1, -0.05) is 25.4 Å². The fraction of sp³-hybridized carbons (Fsp3) is 0.333. The maximum absolute atomic E-state index is 12.9. The quantitative estimate of drug-likeness (QED) is 0.398. The number of ether oxygens (including phenoxy) is 3. The first-order chi connectivity index (χ1) is 14.8. The Morgan fingerprint density at radius 3 is 2.45 bits per heavy atom. The number of hydrogen-bond donors (Lipinski definition) is 0. The summed E-state index contributed by atoms with van der Waals surface area (Å²) >= 11 is 6.19. The molecule has 0 unspecified atom stereocenters. The van der Waals surface area contributed by atoms with Gasteiger partial charge in [-0.25, -0.2) is 4.79 Å². The molecule has 3 aromatic rings. The molecule has 0 aliphatic carbocycles. The third-order valence-corrected chi connectivity index (χ3v) is 5.31. The van der Waals surface area contributed by atoms with Gasteiger partial charge in [0.2, 0.25) is 11.2 Å². The van der Waals surface area contributed by atoms with Gasteiger partial charge in [0.25, 0.3) is 0 Å². The number of carbonyl (C=O) groups excluding carboxylic acids is 1. The fourth-order valence-electron chi connectivity index (χ4n) is 3.08. The van der Waals surface area contributed by atoms with Crippen LogP contribution in [-0.4, -0.2) is 18.7 Å². The molecular formula is C24H25ClO6. The highest BCUT2D eigenvalue weighted by molar-refractivity contribution is 6.32. The summed E-state index contributed by atoms with van der Waals surface area (Å²) in [4.78, 5) is 25.0. The lowest BCUT2D eigenvalue weighted by molar-refractivity contribution is -0.152. The van der Waals surface area contributed by atoms with E-state index in [1.165, 1.54) is 6.26 Å². The van der Waals surface area contributed by atoms with Crippen LogP contribution >= 0.6 is 11.6 Å². The minimum Gasteiger partial charge on any atom is -0.479 e. The normalized spacial score (nSPS) is 11.9. The summed E-state index contributed by atoms with van der Waals surface area (Å²) in [5, 5.41) is 1.00. The molecule has 0 saturated heterocycles. The number of benzene rings is 2. The predicted octanol–water partition coefficient (Wildman–Crippen LogP) is 5.97. The number of fused-ring (bicyclic) bond motifs is 1. The topological polar surface area (TPSA) is 75.0 Å². The molecule has 31 heavy (non-hydrogen) atoms. The Bertz CT molecular complexity index is 1130. The van der Waals surface area contributed by atoms with Crippen LogP contribution in [0.3, 0.4) is 0 Å². The van der Waals surface area contributed by atoms with Gasteiger partial charge in [-0.3, -0.25) is 4.79 Å². The summed E-state index contributed by atoms with van der Waals surface area (Å²) in [6, 6.07) is 8.31. The highest BCUT2D eigenvalue weighted by Crippen LogP contribution is 2.29. The van der Waals surface area contributed by atoms with Crippen molar-refractivity contribution in [3.05, 3.63) is 63.0 Å². The zero-order valence-corrected chi connectivity index (χ0v) is 18.7. The molecule has 3 rings (SSSR count). The molecule has 2 aromatic carbocycles. The molecule has 0 radical (unpaired) electrons. The first-order valence-corrected chi connectivity index (χ1v) is 10.5. The highest BCUT2D eigenvalue weighted by atomic mass is 35.5. The van der Waals surface area contributed by atoms with Crippen LogP contribution in [0.25, 0.3) is 11.0 Å². The van der Waals surface area contributed by atoms with Gasteiger partial charge in [-0.05, 0) is 62.1 Å². The van der Waals surface area contributed by atoms with Crippen molar-refractivity contribution in [1.82, 2.24) is 0 Å². The van der Waals surface area contributed by atoms with Crippen LogP contribution in [0.1, 0.15) is 37.8 Å². The molecule has 1 atom stereocenters. The third-order valence-electron chi connectivity index (χ3n) is 4.71. The Morgan fingerprint density at radius 2 is 1.81 bits per heavy atom. The van der Waals surface area contributed by atoms with Crippen LogP contribution in [0, 0.1) is 13.8 Å². The van der Waals surface area contributed by atoms with Gasteiger partial charge in [0.1, 0.15) is 23.3 Å². The van der Waals surface area contributed by atoms with Crippen LogP contribution < -0.4 is 14.9 Å². The number of carbonyl (C=O) groups is 1. The Morgan fingerprint density at radius 1 is 1.10 bits per heavy atom. The van der Waals surface area contributed by atoms with Gasteiger partial charge in [-0.2, -0.15) is 0 Å². The van der Waals surface area contributed by atoms with E-state index in [1.54, 1.807) is 30.3 Å². The monoisotopic (exact) mass is 444 g/mol. The zero-order valence-electron chi connectivity index (χ0n) is 18.0. The average Bonchev–Trinajstić information content (AvgIpc) is 2.76. The molecule has 0 fully saturated rings. The highest BCUT2D eigenvalue weighted by Gasteiger charge is 2.20. The van der Waals surface area contributed by atoms with E-state index >= 15 is 0 Å². The van der Waals surface area contributed by atoms with E-state index in [4.69, 9.17) is 30.2 Å². The zero-order chi connectivity index (χ0) is 22.5. The molecule has 0 aliphatic heterocycles. The minimum absolute atomic E-state index is 0.0665. The van der Waals surface area contributed by atoms with Gasteiger partial charge in [0, 0.05) is 11.1 Å². The van der Waals surface area contributed by atoms with Crippen molar-refractivity contribution in [1.29, 1.82) is 0 Å². The minimum atomic E-state index is -0.727. The standard InChI is InChI=1S/C24H25ClO6/c1-5-9-28-24(27)19(6-2)30-16-7-8-18-20(12-16)29-13-21(23(18)26)31-17-10-14(3)22(25)15(4)11-17/h7-8,10-13,19H,5-6,9H2,1-4H3/t19-/m1/s1. The lowest BCUT2D eigenvalue weighted by atomic mass is 10.1. The van der Waals surface area contributed by atoms with Crippen LogP contribution in [0.4, 0.5) is 0 Å². The summed E-state index contributed by atoms with van der Waals surface area (Å²) in [6.07, 6.45) is 1.73. The van der Waals surface area contributed by atoms with Crippen molar-refractivity contribution in [3.63, 3.8) is 0 Å². The molecule has 7 heteroatoms. The molecule has 0 N–H and O–H groups in total. The van der Waals surface area contributed by atoms with Crippen LogP contribution in [-0.2, 0) is 9.53 Å². The van der Waals surface area contributed by atoms with Crippen LogP contribution in [0.2, 0.25) is 5.02 Å². The van der Waals surface area contributed by atoms with Crippen molar-refractivity contribution in [2.75, 3.05) is 6.61 Å². The summed E-state index contributed by atoms with van der Waals surface area (Å²) < 4.78 is 22.3. The molecule has 0 bridgehead atoms. The molecule has 0 spiro atoms. The molecule has 0 amide bonds. The molecule has 164 valence electrons. The number of rotatable bonds is 8. The Kier molecular flexibility index (Phi) is 7.23. The molecule has 0 aliphatic rings. The Hall–Kier alpha value is -2.99. The molecule has 0 saturated carbocycles. The van der Waals surface area contributed by atoms with E-state index in [9.17, 15) is 9.59 Å². The van der Waals surface area contributed by atoms with Gasteiger partial charge in [0.05, 0.1) is 12.0 Å². The van der Waals surface area contributed by atoms with Crippen LogP contribution in [0.15, 0.2) is 45.8 Å². The molecule has 6 nitrogen and oxygen atoms in total. The van der Waals surface area contributed by atoms with Crippen molar-refractivity contribution in [3.8, 4) is 17.2 Å². The second-order valence-corrected chi connectivity index (χ2v) is 7.62. The average molecular weight is 445 g/mol. The predicted molar refractivity (Wildman–Crippen MR) is 119 cm³/mol. The van der Waals surface area contributed by atoms with Gasteiger partial charge < -0.3 is 18.6 Å². The van der Waals surface area contributed by atoms with E-state index < -0.39 is 12.1 Å². The fourth-order valence-corrected chi connectivity index (χ4v) is 3.19. The van der Waals surface area contributed by atoms with Crippen molar-refractivity contribution >= 4 is 28.5 Å². The van der Waals surface area contributed by atoms with E-state index in [0.717, 1.165) is 17.5 Å². The van der Waals surface area contributed by atoms with E-state index in [-0.39, 0.29) is 11.2 Å². The van der Waals surface area contributed by atoms with Crippen LogP contribution in [0.5, 0.6) is 17.2 Å². The van der Waals surface area contributed by atoms with Gasteiger partial charge >= 0.3 is 5.97 Å². The second kappa shape index (κ2) is 9.88.